The summed E-state index contributed by atoms with van der Waals surface area (Å²) in [6, 6.07) is 7.60. The molecular formula is C22H24N6O3. The van der Waals surface area contributed by atoms with Gasteiger partial charge in [-0.3, -0.25) is 9.48 Å². The lowest BCUT2D eigenvalue weighted by Gasteiger charge is -2.27. The fraction of sp³-hybridized carbons (Fsp3) is 0.364. The Morgan fingerprint density at radius 1 is 1.19 bits per heavy atom. The van der Waals surface area contributed by atoms with E-state index in [9.17, 15) is 4.79 Å². The third-order valence-corrected chi connectivity index (χ3v) is 5.96. The molecule has 1 amide bonds. The summed E-state index contributed by atoms with van der Waals surface area (Å²) < 4.78 is 14.6. The monoisotopic (exact) mass is 420 g/mol. The molecule has 1 aliphatic carbocycles. The Hall–Kier alpha value is -3.46. The molecule has 0 atom stereocenters. The minimum absolute atomic E-state index is 0.292. The van der Waals surface area contributed by atoms with Gasteiger partial charge in [0.25, 0.3) is 5.91 Å². The average Bonchev–Trinajstić information content (AvgIpc) is 3.42. The van der Waals surface area contributed by atoms with Gasteiger partial charge in [-0.25, -0.2) is 4.98 Å². The molecule has 5 rings (SSSR count). The van der Waals surface area contributed by atoms with Crippen molar-refractivity contribution in [3.63, 3.8) is 0 Å². The van der Waals surface area contributed by atoms with Gasteiger partial charge < -0.3 is 14.8 Å². The molecular weight excluding hydrogens is 396 g/mol. The summed E-state index contributed by atoms with van der Waals surface area (Å²) in [6.07, 6.45) is 9.69. The first-order valence-electron chi connectivity index (χ1n) is 10.4. The Labute approximate surface area is 179 Å². The molecule has 9 heteroatoms. The van der Waals surface area contributed by atoms with E-state index in [0.717, 1.165) is 36.6 Å². The first kappa shape index (κ1) is 19.5. The molecule has 1 saturated carbocycles. The molecule has 1 fully saturated rings. The summed E-state index contributed by atoms with van der Waals surface area (Å²) in [5.41, 5.74) is 1.90. The van der Waals surface area contributed by atoms with Gasteiger partial charge in [-0.15, -0.1) is 0 Å². The Bertz CT molecular complexity index is 1240. The quantitative estimate of drug-likeness (QED) is 0.531. The number of imidazole rings is 1. The third kappa shape index (κ3) is 3.61. The number of ether oxygens (including phenoxy) is 2. The molecule has 9 nitrogen and oxygen atoms in total. The summed E-state index contributed by atoms with van der Waals surface area (Å²) in [5, 5.41) is 12.8. The second-order valence-corrected chi connectivity index (χ2v) is 7.78. The maximum Gasteiger partial charge on any atom is 0.260 e. The van der Waals surface area contributed by atoms with Crippen molar-refractivity contribution in [2.45, 2.75) is 37.8 Å². The predicted molar refractivity (Wildman–Crippen MR) is 116 cm³/mol. The Balaban J connectivity index is 1.43. The van der Waals surface area contributed by atoms with Crippen molar-refractivity contribution >= 4 is 28.3 Å². The average molecular weight is 420 g/mol. The minimum atomic E-state index is -0.292. The zero-order valence-corrected chi connectivity index (χ0v) is 17.5. The molecule has 0 unspecified atom stereocenters. The van der Waals surface area contributed by atoms with E-state index in [1.54, 1.807) is 37.2 Å². The topological polar surface area (TPSA) is 95.6 Å². The Kier molecular flexibility index (Phi) is 5.03. The van der Waals surface area contributed by atoms with Crippen LogP contribution in [0, 0.1) is 0 Å². The van der Waals surface area contributed by atoms with Crippen molar-refractivity contribution in [2.24, 2.45) is 0 Å². The fourth-order valence-corrected chi connectivity index (χ4v) is 4.25. The van der Waals surface area contributed by atoms with Crippen LogP contribution in [-0.4, -0.2) is 50.6 Å². The maximum absolute atomic E-state index is 13.1. The van der Waals surface area contributed by atoms with E-state index in [4.69, 9.17) is 14.6 Å². The van der Waals surface area contributed by atoms with Gasteiger partial charge in [-0.05, 0) is 43.9 Å². The SMILES string of the molecule is COc1cc2nn(C3CCC(OC)CC3)cc2cc1C(=O)Nc1cnc2cccnn12. The Morgan fingerprint density at radius 2 is 2.03 bits per heavy atom. The van der Waals surface area contributed by atoms with Crippen LogP contribution in [0.2, 0.25) is 0 Å². The number of methoxy groups -OCH3 is 2. The number of aromatic nitrogens is 5. The highest BCUT2D eigenvalue weighted by Gasteiger charge is 2.24. The van der Waals surface area contributed by atoms with Crippen LogP contribution in [-0.2, 0) is 4.74 Å². The van der Waals surface area contributed by atoms with E-state index in [-0.39, 0.29) is 5.91 Å². The summed E-state index contributed by atoms with van der Waals surface area (Å²) in [5.74, 6) is 0.674. The largest absolute Gasteiger partial charge is 0.496 e. The molecule has 1 aliphatic rings. The van der Waals surface area contributed by atoms with Crippen molar-refractivity contribution < 1.29 is 14.3 Å². The van der Waals surface area contributed by atoms with Crippen molar-refractivity contribution in [1.82, 2.24) is 24.4 Å². The van der Waals surface area contributed by atoms with Crippen LogP contribution in [0.25, 0.3) is 16.6 Å². The number of nitrogens with zero attached hydrogens (tertiary/aromatic N) is 5. The van der Waals surface area contributed by atoms with Crippen molar-refractivity contribution in [3.8, 4) is 5.75 Å². The molecule has 0 radical (unpaired) electrons. The van der Waals surface area contributed by atoms with Gasteiger partial charge in [0, 0.05) is 31.0 Å². The number of hydrogen-bond donors (Lipinski definition) is 1. The van der Waals surface area contributed by atoms with E-state index in [1.165, 1.54) is 0 Å². The van der Waals surface area contributed by atoms with Crippen LogP contribution >= 0.6 is 0 Å². The van der Waals surface area contributed by atoms with Crippen LogP contribution in [0.1, 0.15) is 42.1 Å². The first-order chi connectivity index (χ1) is 15.2. The van der Waals surface area contributed by atoms with Crippen LogP contribution in [0.3, 0.4) is 0 Å². The molecule has 3 heterocycles. The molecule has 160 valence electrons. The van der Waals surface area contributed by atoms with Crippen molar-refractivity contribution in [2.75, 3.05) is 19.5 Å². The second kappa shape index (κ2) is 7.99. The van der Waals surface area contributed by atoms with Crippen LogP contribution in [0.5, 0.6) is 5.75 Å². The van der Waals surface area contributed by atoms with E-state index in [0.29, 0.717) is 34.9 Å². The van der Waals surface area contributed by atoms with Crippen LogP contribution in [0.15, 0.2) is 42.9 Å². The van der Waals surface area contributed by atoms with E-state index >= 15 is 0 Å². The van der Waals surface area contributed by atoms with Crippen molar-refractivity contribution in [1.29, 1.82) is 0 Å². The van der Waals surface area contributed by atoms with Gasteiger partial charge in [0.05, 0.1) is 36.5 Å². The highest BCUT2D eigenvalue weighted by atomic mass is 16.5. The number of benzene rings is 1. The van der Waals surface area contributed by atoms with Gasteiger partial charge in [0.1, 0.15) is 5.75 Å². The number of nitrogens with one attached hydrogen (secondary N) is 1. The highest BCUT2D eigenvalue weighted by molar-refractivity contribution is 6.08. The van der Waals surface area contributed by atoms with E-state index in [1.807, 2.05) is 29.1 Å². The summed E-state index contributed by atoms with van der Waals surface area (Å²) in [7, 11) is 3.33. The summed E-state index contributed by atoms with van der Waals surface area (Å²) in [6.45, 7) is 0. The minimum Gasteiger partial charge on any atom is -0.496 e. The number of carbonyl (C=O) groups is 1. The lowest BCUT2D eigenvalue weighted by molar-refractivity contribution is 0.0569. The number of amides is 1. The van der Waals surface area contributed by atoms with Gasteiger partial charge in [-0.1, -0.05) is 0 Å². The molecule has 0 aliphatic heterocycles. The van der Waals surface area contributed by atoms with E-state index in [2.05, 4.69) is 15.4 Å². The smallest absolute Gasteiger partial charge is 0.260 e. The van der Waals surface area contributed by atoms with E-state index < -0.39 is 0 Å². The molecule has 3 aromatic heterocycles. The van der Waals surface area contributed by atoms with Gasteiger partial charge in [0.15, 0.2) is 11.5 Å². The molecule has 1 N–H and O–H groups in total. The third-order valence-electron chi connectivity index (χ3n) is 5.96. The Morgan fingerprint density at radius 3 is 2.81 bits per heavy atom. The zero-order chi connectivity index (χ0) is 21.4. The fourth-order valence-electron chi connectivity index (χ4n) is 4.25. The highest BCUT2D eigenvalue weighted by Crippen LogP contribution is 2.32. The summed E-state index contributed by atoms with van der Waals surface area (Å²) in [4.78, 5) is 17.3. The number of anilines is 1. The van der Waals surface area contributed by atoms with Gasteiger partial charge in [0.2, 0.25) is 0 Å². The molecule has 31 heavy (non-hydrogen) atoms. The molecule has 0 spiro atoms. The predicted octanol–water partition coefficient (Wildman–Crippen LogP) is 3.47. The molecule has 0 saturated heterocycles. The number of rotatable bonds is 5. The summed E-state index contributed by atoms with van der Waals surface area (Å²) >= 11 is 0. The number of hydrogen-bond acceptors (Lipinski definition) is 6. The zero-order valence-electron chi connectivity index (χ0n) is 17.5. The second-order valence-electron chi connectivity index (χ2n) is 7.78. The number of carbonyl (C=O) groups excluding carboxylic acids is 1. The van der Waals surface area contributed by atoms with Crippen LogP contribution in [0.4, 0.5) is 5.82 Å². The van der Waals surface area contributed by atoms with Crippen LogP contribution < -0.4 is 10.1 Å². The lowest BCUT2D eigenvalue weighted by Crippen LogP contribution is -2.22. The van der Waals surface area contributed by atoms with Gasteiger partial charge in [-0.2, -0.15) is 14.7 Å². The molecule has 4 aromatic rings. The molecule has 1 aromatic carbocycles. The standard InChI is InChI=1S/C22H24N6O3/c1-30-16-7-5-15(6-8-16)27-13-14-10-17(19(31-2)11-18(14)26-27)22(29)25-21-12-23-20-4-3-9-24-28(20)21/h3-4,9-13,15-16H,5-8H2,1-2H3,(H,25,29). The maximum atomic E-state index is 13.1. The normalized spacial score (nSPS) is 19.0. The number of fused-ring (bicyclic) bond motifs is 2. The lowest BCUT2D eigenvalue weighted by atomic mass is 9.93. The van der Waals surface area contributed by atoms with Crippen molar-refractivity contribution in [3.05, 3.63) is 48.4 Å². The molecule has 0 bridgehead atoms. The van der Waals surface area contributed by atoms with Gasteiger partial charge >= 0.3 is 0 Å². The first-order valence-corrected chi connectivity index (χ1v) is 10.4.